The van der Waals surface area contributed by atoms with Gasteiger partial charge in [0.05, 0.1) is 31.3 Å². The molecular weight excluding hydrogens is 252 g/mol. The van der Waals surface area contributed by atoms with Crippen molar-refractivity contribution < 1.29 is 9.84 Å². The topological polar surface area (TPSA) is 47.3 Å². The Morgan fingerprint density at radius 1 is 1.35 bits per heavy atom. The predicted octanol–water partition coefficient (Wildman–Crippen LogP) is 3.00. The number of aryl methyl sites for hydroxylation is 1. The second-order valence-corrected chi connectivity index (χ2v) is 5.02. The van der Waals surface area contributed by atoms with Crippen molar-refractivity contribution in [2.45, 2.75) is 40.3 Å². The fraction of sp³-hybridized carbons (Fsp3) is 0.438. The molecule has 0 spiro atoms. The number of aliphatic hydroxyl groups is 1. The van der Waals surface area contributed by atoms with Gasteiger partial charge in [0.2, 0.25) is 0 Å². The summed E-state index contributed by atoms with van der Waals surface area (Å²) in [5.41, 5.74) is 4.15. The number of benzene rings is 1. The number of hydrogen-bond acceptors (Lipinski definition) is 3. The van der Waals surface area contributed by atoms with Crippen LogP contribution in [0, 0.1) is 13.8 Å². The molecule has 0 radical (unpaired) electrons. The standard InChI is InChI=1S/C16H22N2O2/c1-5-20-16-7-6-14(13(4)19)8-15(16)9-18-10-17-11(2)12(18)3/h6-8,10,13,19H,5,9H2,1-4H3. The summed E-state index contributed by atoms with van der Waals surface area (Å²) < 4.78 is 7.77. The monoisotopic (exact) mass is 274 g/mol. The summed E-state index contributed by atoms with van der Waals surface area (Å²) in [7, 11) is 0. The van der Waals surface area contributed by atoms with E-state index in [4.69, 9.17) is 4.74 Å². The van der Waals surface area contributed by atoms with Crippen LogP contribution in [-0.4, -0.2) is 21.3 Å². The first kappa shape index (κ1) is 14.6. The van der Waals surface area contributed by atoms with Crippen LogP contribution < -0.4 is 4.74 Å². The molecule has 0 amide bonds. The highest BCUT2D eigenvalue weighted by Crippen LogP contribution is 2.25. The highest BCUT2D eigenvalue weighted by Gasteiger charge is 2.10. The quantitative estimate of drug-likeness (QED) is 0.911. The lowest BCUT2D eigenvalue weighted by molar-refractivity contribution is 0.199. The van der Waals surface area contributed by atoms with Crippen LogP contribution in [0.1, 0.15) is 42.5 Å². The molecule has 20 heavy (non-hydrogen) atoms. The summed E-state index contributed by atoms with van der Waals surface area (Å²) in [5, 5.41) is 9.73. The van der Waals surface area contributed by atoms with Gasteiger partial charge in [-0.3, -0.25) is 0 Å². The zero-order chi connectivity index (χ0) is 14.7. The van der Waals surface area contributed by atoms with E-state index >= 15 is 0 Å². The number of nitrogens with zero attached hydrogens (tertiary/aromatic N) is 2. The normalized spacial score (nSPS) is 12.4. The Hall–Kier alpha value is -1.81. The first-order valence-corrected chi connectivity index (χ1v) is 6.95. The zero-order valence-electron chi connectivity index (χ0n) is 12.6. The van der Waals surface area contributed by atoms with Crippen molar-refractivity contribution in [2.24, 2.45) is 0 Å². The summed E-state index contributed by atoms with van der Waals surface area (Å²) in [6.45, 7) is 9.12. The van der Waals surface area contributed by atoms with Crippen LogP contribution in [-0.2, 0) is 6.54 Å². The predicted molar refractivity (Wildman–Crippen MR) is 79.0 cm³/mol. The van der Waals surface area contributed by atoms with Crippen LogP contribution in [0.25, 0.3) is 0 Å². The molecule has 1 atom stereocenters. The van der Waals surface area contributed by atoms with Gasteiger partial charge in [0.1, 0.15) is 5.75 Å². The van der Waals surface area contributed by atoms with E-state index in [0.717, 1.165) is 28.3 Å². The van der Waals surface area contributed by atoms with Crippen molar-refractivity contribution in [2.75, 3.05) is 6.61 Å². The Morgan fingerprint density at radius 3 is 2.65 bits per heavy atom. The molecule has 2 rings (SSSR count). The fourth-order valence-corrected chi connectivity index (χ4v) is 2.17. The first-order valence-electron chi connectivity index (χ1n) is 6.95. The van der Waals surface area contributed by atoms with Crippen molar-refractivity contribution in [3.8, 4) is 5.75 Å². The molecule has 1 heterocycles. The number of aromatic nitrogens is 2. The molecule has 0 fully saturated rings. The van der Waals surface area contributed by atoms with Crippen molar-refractivity contribution in [3.63, 3.8) is 0 Å². The average molecular weight is 274 g/mol. The highest BCUT2D eigenvalue weighted by atomic mass is 16.5. The van der Waals surface area contributed by atoms with Crippen LogP contribution in [0.2, 0.25) is 0 Å². The molecule has 0 aliphatic heterocycles. The van der Waals surface area contributed by atoms with Gasteiger partial charge in [-0.2, -0.15) is 0 Å². The van der Waals surface area contributed by atoms with Crippen LogP contribution in [0.15, 0.2) is 24.5 Å². The molecule has 0 saturated heterocycles. The van der Waals surface area contributed by atoms with E-state index in [1.54, 1.807) is 6.92 Å². The second kappa shape index (κ2) is 6.09. The lowest BCUT2D eigenvalue weighted by atomic mass is 10.1. The number of ether oxygens (including phenoxy) is 1. The van der Waals surface area contributed by atoms with Gasteiger partial charge in [-0.05, 0) is 45.4 Å². The third-order valence-corrected chi connectivity index (χ3v) is 3.55. The summed E-state index contributed by atoms with van der Waals surface area (Å²) in [4.78, 5) is 4.32. The number of aliphatic hydroxyl groups excluding tert-OH is 1. The van der Waals surface area contributed by atoms with Gasteiger partial charge >= 0.3 is 0 Å². The van der Waals surface area contributed by atoms with E-state index in [1.165, 1.54) is 0 Å². The summed E-state index contributed by atoms with van der Waals surface area (Å²) >= 11 is 0. The molecule has 1 unspecified atom stereocenters. The molecule has 4 nitrogen and oxygen atoms in total. The lowest BCUT2D eigenvalue weighted by Crippen LogP contribution is -2.05. The van der Waals surface area contributed by atoms with Crippen molar-refractivity contribution in [3.05, 3.63) is 47.0 Å². The Kier molecular flexibility index (Phi) is 4.45. The van der Waals surface area contributed by atoms with Crippen molar-refractivity contribution >= 4 is 0 Å². The molecule has 4 heteroatoms. The Morgan fingerprint density at radius 2 is 2.10 bits per heavy atom. The number of rotatable bonds is 5. The Bertz CT molecular complexity index is 588. The van der Waals surface area contributed by atoms with Crippen LogP contribution >= 0.6 is 0 Å². The van der Waals surface area contributed by atoms with E-state index in [9.17, 15) is 5.11 Å². The molecule has 0 saturated carbocycles. The maximum Gasteiger partial charge on any atom is 0.124 e. The SMILES string of the molecule is CCOc1ccc(C(C)O)cc1Cn1cnc(C)c1C. The van der Waals surface area contributed by atoms with Gasteiger partial charge in [0.15, 0.2) is 0 Å². The fourth-order valence-electron chi connectivity index (χ4n) is 2.17. The highest BCUT2D eigenvalue weighted by molar-refractivity contribution is 5.38. The van der Waals surface area contributed by atoms with E-state index in [-0.39, 0.29) is 0 Å². The minimum atomic E-state index is -0.477. The third kappa shape index (κ3) is 3.02. The maximum absolute atomic E-state index is 9.73. The zero-order valence-corrected chi connectivity index (χ0v) is 12.6. The summed E-state index contributed by atoms with van der Waals surface area (Å²) in [6.07, 6.45) is 1.37. The minimum Gasteiger partial charge on any atom is -0.494 e. The van der Waals surface area contributed by atoms with Gasteiger partial charge in [0, 0.05) is 11.3 Å². The largest absolute Gasteiger partial charge is 0.494 e. The van der Waals surface area contributed by atoms with Crippen LogP contribution in [0.3, 0.4) is 0 Å². The summed E-state index contributed by atoms with van der Waals surface area (Å²) in [6, 6.07) is 5.84. The maximum atomic E-state index is 9.73. The molecule has 0 bridgehead atoms. The van der Waals surface area contributed by atoms with Crippen molar-refractivity contribution in [1.82, 2.24) is 9.55 Å². The molecular formula is C16H22N2O2. The summed E-state index contributed by atoms with van der Waals surface area (Å²) in [5.74, 6) is 0.864. The molecule has 2 aromatic rings. The Balaban J connectivity index is 2.36. The smallest absolute Gasteiger partial charge is 0.124 e. The van der Waals surface area contributed by atoms with E-state index in [1.807, 2.05) is 38.4 Å². The van der Waals surface area contributed by atoms with Crippen molar-refractivity contribution in [1.29, 1.82) is 0 Å². The van der Waals surface area contributed by atoms with E-state index in [0.29, 0.717) is 13.2 Å². The van der Waals surface area contributed by atoms with Gasteiger partial charge in [-0.15, -0.1) is 0 Å². The molecule has 1 aromatic carbocycles. The first-order chi connectivity index (χ1) is 9.52. The molecule has 108 valence electrons. The number of imidazole rings is 1. The second-order valence-electron chi connectivity index (χ2n) is 5.02. The van der Waals surface area contributed by atoms with Gasteiger partial charge in [-0.25, -0.2) is 4.98 Å². The van der Waals surface area contributed by atoms with E-state index in [2.05, 4.69) is 16.5 Å². The molecule has 1 aromatic heterocycles. The number of hydrogen-bond donors (Lipinski definition) is 1. The van der Waals surface area contributed by atoms with Crippen LogP contribution in [0.4, 0.5) is 0 Å². The minimum absolute atomic E-state index is 0.477. The average Bonchev–Trinajstić information content (AvgIpc) is 2.73. The van der Waals surface area contributed by atoms with E-state index < -0.39 is 6.10 Å². The molecule has 1 N–H and O–H groups in total. The van der Waals surface area contributed by atoms with Gasteiger partial charge in [0.25, 0.3) is 0 Å². The molecule has 0 aliphatic carbocycles. The third-order valence-electron chi connectivity index (χ3n) is 3.55. The Labute approximate surface area is 120 Å². The van der Waals surface area contributed by atoms with Gasteiger partial charge in [-0.1, -0.05) is 6.07 Å². The van der Waals surface area contributed by atoms with Gasteiger partial charge < -0.3 is 14.4 Å². The van der Waals surface area contributed by atoms with Crippen LogP contribution in [0.5, 0.6) is 5.75 Å². The molecule has 0 aliphatic rings. The lowest BCUT2D eigenvalue weighted by Gasteiger charge is -2.15.